The predicted octanol–water partition coefficient (Wildman–Crippen LogP) is 2.68. The molecule has 1 aliphatic carbocycles. The lowest BCUT2D eigenvalue weighted by Gasteiger charge is -2.15. The second-order valence-corrected chi connectivity index (χ2v) is 7.51. The molecule has 7 heteroatoms. The Morgan fingerprint density at radius 3 is 2.79 bits per heavy atom. The average Bonchev–Trinajstić information content (AvgIpc) is 2.70. The zero-order valence-electron chi connectivity index (χ0n) is 15.4. The highest BCUT2D eigenvalue weighted by Crippen LogP contribution is 2.21. The highest BCUT2D eigenvalue weighted by atomic mass is 35.5. The van der Waals surface area contributed by atoms with Gasteiger partial charge in [-0.2, -0.15) is 0 Å². The Balaban J connectivity index is 1.43. The van der Waals surface area contributed by atoms with Crippen LogP contribution in [-0.4, -0.2) is 27.0 Å². The number of aromatic nitrogens is 3. The van der Waals surface area contributed by atoms with Gasteiger partial charge in [-0.05, 0) is 61.4 Å². The molecular weight excluding hydrogens is 376 g/mol. The lowest BCUT2D eigenvalue weighted by atomic mass is 9.95. The lowest BCUT2D eigenvalue weighted by Crippen LogP contribution is -2.33. The Bertz CT molecular complexity index is 1080. The first-order chi connectivity index (χ1) is 13.6. The molecule has 0 bridgehead atoms. The number of aryl methyl sites for hydroxylation is 2. The summed E-state index contributed by atoms with van der Waals surface area (Å²) in [4.78, 5) is 33.9. The summed E-state index contributed by atoms with van der Waals surface area (Å²) < 4.78 is 1.34. The molecule has 0 atom stereocenters. The van der Waals surface area contributed by atoms with Crippen LogP contribution >= 0.6 is 11.6 Å². The lowest BCUT2D eigenvalue weighted by molar-refractivity contribution is -0.121. The molecule has 2 heterocycles. The van der Waals surface area contributed by atoms with Crippen molar-refractivity contribution in [2.24, 2.45) is 0 Å². The molecule has 28 heavy (non-hydrogen) atoms. The number of hydrogen-bond donors (Lipinski definition) is 1. The van der Waals surface area contributed by atoms with E-state index >= 15 is 0 Å². The van der Waals surface area contributed by atoms with Crippen LogP contribution in [-0.2, 0) is 30.6 Å². The van der Waals surface area contributed by atoms with E-state index in [-0.39, 0.29) is 18.0 Å². The second kappa shape index (κ2) is 8.10. The van der Waals surface area contributed by atoms with Gasteiger partial charge in [0.1, 0.15) is 12.9 Å². The van der Waals surface area contributed by atoms with Crippen molar-refractivity contribution in [3.8, 4) is 0 Å². The minimum Gasteiger partial charge on any atom is -0.354 e. The van der Waals surface area contributed by atoms with Crippen LogP contribution in [0.25, 0.3) is 11.0 Å². The molecule has 3 aromatic rings. The molecule has 144 valence electrons. The van der Waals surface area contributed by atoms with Crippen molar-refractivity contribution in [1.29, 1.82) is 0 Å². The smallest absolute Gasteiger partial charge is 0.263 e. The number of pyridine rings is 1. The molecule has 1 aliphatic rings. The highest BCUT2D eigenvalue weighted by molar-refractivity contribution is 6.30. The monoisotopic (exact) mass is 396 g/mol. The molecule has 1 amide bonds. The van der Waals surface area contributed by atoms with E-state index in [0.717, 1.165) is 42.5 Å². The molecule has 0 radical (unpaired) electrons. The van der Waals surface area contributed by atoms with Crippen molar-refractivity contribution < 1.29 is 4.79 Å². The van der Waals surface area contributed by atoms with Crippen LogP contribution < -0.4 is 10.9 Å². The number of carbonyl (C=O) groups excluding carboxylic acids is 1. The summed E-state index contributed by atoms with van der Waals surface area (Å²) in [5.41, 5.74) is 3.50. The number of nitrogens with one attached hydrogen (secondary N) is 1. The van der Waals surface area contributed by atoms with Crippen LogP contribution in [0.1, 0.15) is 29.7 Å². The van der Waals surface area contributed by atoms with Crippen LogP contribution in [0, 0.1) is 0 Å². The van der Waals surface area contributed by atoms with E-state index in [1.54, 1.807) is 0 Å². The average molecular weight is 397 g/mol. The number of carbonyl (C=O) groups is 1. The van der Waals surface area contributed by atoms with Gasteiger partial charge in [0.2, 0.25) is 5.91 Å². The maximum Gasteiger partial charge on any atom is 0.263 e. The summed E-state index contributed by atoms with van der Waals surface area (Å²) >= 11 is 5.87. The van der Waals surface area contributed by atoms with Gasteiger partial charge in [0.05, 0.1) is 5.39 Å². The Hall–Kier alpha value is -2.73. The van der Waals surface area contributed by atoms with Gasteiger partial charge < -0.3 is 5.32 Å². The normalized spacial score (nSPS) is 13.3. The van der Waals surface area contributed by atoms with Crippen molar-refractivity contribution in [3.05, 3.63) is 68.9 Å². The van der Waals surface area contributed by atoms with Gasteiger partial charge in [0.15, 0.2) is 5.65 Å². The van der Waals surface area contributed by atoms with Gasteiger partial charge in [-0.1, -0.05) is 23.7 Å². The molecule has 0 saturated carbocycles. The highest BCUT2D eigenvalue weighted by Gasteiger charge is 2.15. The molecule has 4 rings (SSSR count). The summed E-state index contributed by atoms with van der Waals surface area (Å²) in [6, 6.07) is 9.42. The number of benzene rings is 1. The van der Waals surface area contributed by atoms with Crippen molar-refractivity contribution in [2.75, 3.05) is 6.54 Å². The molecule has 0 fully saturated rings. The fourth-order valence-electron chi connectivity index (χ4n) is 3.53. The maximum absolute atomic E-state index is 12.8. The van der Waals surface area contributed by atoms with Gasteiger partial charge in [0, 0.05) is 17.3 Å². The van der Waals surface area contributed by atoms with E-state index in [0.29, 0.717) is 29.0 Å². The first kappa shape index (κ1) is 18.6. The number of rotatable bonds is 5. The summed E-state index contributed by atoms with van der Waals surface area (Å²) in [5, 5.41) is 4.01. The topological polar surface area (TPSA) is 76.9 Å². The molecular formula is C21H21ClN4O2. The van der Waals surface area contributed by atoms with Gasteiger partial charge in [-0.15, -0.1) is 0 Å². The first-order valence-electron chi connectivity index (χ1n) is 9.49. The van der Waals surface area contributed by atoms with E-state index in [1.165, 1.54) is 10.9 Å². The predicted molar refractivity (Wildman–Crippen MR) is 109 cm³/mol. The van der Waals surface area contributed by atoms with Crippen LogP contribution in [0.3, 0.4) is 0 Å². The third-order valence-electron chi connectivity index (χ3n) is 5.05. The van der Waals surface area contributed by atoms with E-state index in [9.17, 15) is 9.59 Å². The number of halogens is 1. The van der Waals surface area contributed by atoms with Crippen molar-refractivity contribution in [1.82, 2.24) is 19.9 Å². The third kappa shape index (κ3) is 4.07. The molecule has 0 unspecified atom stereocenters. The number of fused-ring (bicyclic) bond motifs is 2. The van der Waals surface area contributed by atoms with E-state index in [2.05, 4.69) is 15.3 Å². The SMILES string of the molecule is O=C(Cn1cnc2nc3c(cc2c1=O)CCCC3)NCCc1ccc(Cl)cc1. The van der Waals surface area contributed by atoms with E-state index < -0.39 is 0 Å². The van der Waals surface area contributed by atoms with Crippen LogP contribution in [0.2, 0.25) is 5.02 Å². The van der Waals surface area contributed by atoms with Crippen molar-refractivity contribution in [3.63, 3.8) is 0 Å². The zero-order chi connectivity index (χ0) is 19.5. The van der Waals surface area contributed by atoms with E-state index in [4.69, 9.17) is 11.6 Å². The summed E-state index contributed by atoms with van der Waals surface area (Å²) in [6.45, 7) is 0.435. The molecule has 2 aromatic heterocycles. The third-order valence-corrected chi connectivity index (χ3v) is 5.31. The molecule has 1 aromatic carbocycles. The fraction of sp³-hybridized carbons (Fsp3) is 0.333. The van der Waals surface area contributed by atoms with Gasteiger partial charge in [-0.25, -0.2) is 9.97 Å². The molecule has 6 nitrogen and oxygen atoms in total. The molecule has 0 spiro atoms. The molecule has 1 N–H and O–H groups in total. The fourth-order valence-corrected chi connectivity index (χ4v) is 3.66. The van der Waals surface area contributed by atoms with Gasteiger partial charge >= 0.3 is 0 Å². The summed E-state index contributed by atoms with van der Waals surface area (Å²) in [5.74, 6) is -0.219. The summed E-state index contributed by atoms with van der Waals surface area (Å²) in [7, 11) is 0. The number of amides is 1. The Morgan fingerprint density at radius 1 is 1.18 bits per heavy atom. The number of nitrogens with zero attached hydrogens (tertiary/aromatic N) is 3. The molecule has 0 aliphatic heterocycles. The largest absolute Gasteiger partial charge is 0.354 e. The van der Waals surface area contributed by atoms with Crippen LogP contribution in [0.4, 0.5) is 0 Å². The minimum atomic E-state index is -0.223. The Labute approximate surface area is 167 Å². The first-order valence-corrected chi connectivity index (χ1v) is 9.87. The Kier molecular flexibility index (Phi) is 5.39. The van der Waals surface area contributed by atoms with Crippen molar-refractivity contribution in [2.45, 2.75) is 38.6 Å². The van der Waals surface area contributed by atoms with Gasteiger partial charge in [0.25, 0.3) is 5.56 Å². The van der Waals surface area contributed by atoms with Gasteiger partial charge in [-0.3, -0.25) is 14.2 Å². The van der Waals surface area contributed by atoms with Crippen molar-refractivity contribution >= 4 is 28.5 Å². The molecule has 0 saturated heterocycles. The van der Waals surface area contributed by atoms with E-state index in [1.807, 2.05) is 30.3 Å². The number of hydrogen-bond acceptors (Lipinski definition) is 4. The summed E-state index contributed by atoms with van der Waals surface area (Å²) in [6.07, 6.45) is 6.22. The van der Waals surface area contributed by atoms with Crippen LogP contribution in [0.15, 0.2) is 41.5 Å². The Morgan fingerprint density at radius 2 is 1.96 bits per heavy atom. The quantitative estimate of drug-likeness (QED) is 0.719. The standard InChI is InChI=1S/C21H21ClN4O2/c22-16-7-5-14(6-8-16)9-10-23-19(27)12-26-13-24-20-17(21(26)28)11-15-3-1-2-4-18(15)25-20/h5-8,11,13H,1-4,9-10,12H2,(H,23,27). The van der Waals surface area contributed by atoms with Crippen LogP contribution in [0.5, 0.6) is 0 Å². The minimum absolute atomic E-state index is 0.0561. The maximum atomic E-state index is 12.8. The second-order valence-electron chi connectivity index (χ2n) is 7.08. The zero-order valence-corrected chi connectivity index (χ0v) is 16.2.